The number of carbonyl (C=O) groups is 3. The summed E-state index contributed by atoms with van der Waals surface area (Å²) >= 11 is 0. The molecule has 19 heavy (non-hydrogen) atoms. The van der Waals surface area contributed by atoms with Gasteiger partial charge in [0.1, 0.15) is 5.54 Å². The molecule has 1 fully saturated rings. The molecule has 1 aliphatic rings. The van der Waals surface area contributed by atoms with Crippen LogP contribution in [-0.4, -0.2) is 53.1 Å². The van der Waals surface area contributed by atoms with Crippen LogP contribution < -0.4 is 10.6 Å². The summed E-state index contributed by atoms with van der Waals surface area (Å²) in [6.45, 7) is 5.49. The van der Waals surface area contributed by atoms with Gasteiger partial charge in [-0.3, -0.25) is 14.5 Å². The lowest BCUT2D eigenvalue weighted by molar-refractivity contribution is -0.130. The second-order valence-corrected chi connectivity index (χ2v) is 5.35. The topological polar surface area (TPSA) is 98.7 Å². The van der Waals surface area contributed by atoms with Crippen molar-refractivity contribution in [3.63, 3.8) is 0 Å². The number of imide groups is 1. The Balaban J connectivity index is 2.39. The smallest absolute Gasteiger partial charge is 0.325 e. The van der Waals surface area contributed by atoms with Gasteiger partial charge in [-0.2, -0.15) is 0 Å². The van der Waals surface area contributed by atoms with Gasteiger partial charge in [-0.25, -0.2) is 4.79 Å². The Bertz CT molecular complexity index is 381. The van der Waals surface area contributed by atoms with E-state index in [0.29, 0.717) is 6.54 Å². The molecule has 1 heterocycles. The fraction of sp³-hybridized carbons (Fsp3) is 0.750. The molecule has 0 aromatic heterocycles. The van der Waals surface area contributed by atoms with E-state index in [9.17, 15) is 14.4 Å². The van der Waals surface area contributed by atoms with Crippen LogP contribution in [0, 0.1) is 5.92 Å². The third kappa shape index (κ3) is 3.92. The highest BCUT2D eigenvalue weighted by molar-refractivity contribution is 6.06. The Labute approximate surface area is 112 Å². The molecular weight excluding hydrogens is 250 g/mol. The van der Waals surface area contributed by atoms with Gasteiger partial charge in [0.25, 0.3) is 5.91 Å². The lowest BCUT2D eigenvalue weighted by atomic mass is 10.1. The van der Waals surface area contributed by atoms with E-state index in [1.165, 1.54) is 0 Å². The first-order chi connectivity index (χ1) is 8.77. The zero-order chi connectivity index (χ0) is 14.6. The van der Waals surface area contributed by atoms with Gasteiger partial charge in [-0.1, -0.05) is 6.92 Å². The highest BCUT2D eigenvalue weighted by Gasteiger charge is 2.43. The van der Waals surface area contributed by atoms with Crippen molar-refractivity contribution in [1.82, 2.24) is 15.5 Å². The molecule has 3 N–H and O–H groups in total. The Kier molecular flexibility index (Phi) is 4.88. The number of hydrogen-bond acceptors (Lipinski definition) is 4. The fourth-order valence-corrected chi connectivity index (χ4v) is 1.68. The quantitative estimate of drug-likeness (QED) is 0.565. The van der Waals surface area contributed by atoms with E-state index in [1.54, 1.807) is 20.8 Å². The maximum absolute atomic E-state index is 11.8. The minimum atomic E-state index is -0.904. The Morgan fingerprint density at radius 2 is 2.11 bits per heavy atom. The monoisotopic (exact) mass is 271 g/mol. The van der Waals surface area contributed by atoms with Gasteiger partial charge in [0.15, 0.2) is 0 Å². The van der Waals surface area contributed by atoms with Crippen molar-refractivity contribution in [2.75, 3.05) is 19.7 Å². The van der Waals surface area contributed by atoms with Gasteiger partial charge in [-0.15, -0.1) is 0 Å². The van der Waals surface area contributed by atoms with Gasteiger partial charge in [0, 0.05) is 26.1 Å². The first-order valence-corrected chi connectivity index (χ1v) is 6.29. The molecule has 0 bridgehead atoms. The van der Waals surface area contributed by atoms with E-state index in [0.717, 1.165) is 4.90 Å². The number of hydrogen-bond donors (Lipinski definition) is 3. The molecular formula is C12H21N3O4. The number of carbonyl (C=O) groups excluding carboxylic acids is 3. The van der Waals surface area contributed by atoms with Crippen molar-refractivity contribution in [3.8, 4) is 0 Å². The fourth-order valence-electron chi connectivity index (χ4n) is 1.68. The first kappa shape index (κ1) is 15.4. The molecule has 0 saturated carbocycles. The Hall–Kier alpha value is -1.63. The SMILES string of the molecule is CC(CO)CNC(=O)CCN1C(=O)NC(C)(C)C1=O. The van der Waals surface area contributed by atoms with E-state index in [2.05, 4.69) is 10.6 Å². The third-order valence-corrected chi connectivity index (χ3v) is 2.97. The molecule has 0 spiro atoms. The molecule has 7 nitrogen and oxygen atoms in total. The molecule has 1 aliphatic heterocycles. The van der Waals surface area contributed by atoms with Crippen LogP contribution in [0.4, 0.5) is 4.79 Å². The molecule has 0 radical (unpaired) electrons. The van der Waals surface area contributed by atoms with Crippen molar-refractivity contribution in [1.29, 1.82) is 0 Å². The van der Waals surface area contributed by atoms with Crippen LogP contribution in [0.1, 0.15) is 27.2 Å². The normalized spacial score (nSPS) is 19.3. The summed E-state index contributed by atoms with van der Waals surface area (Å²) in [7, 11) is 0. The molecule has 1 atom stereocenters. The lowest BCUT2D eigenvalue weighted by Gasteiger charge is -2.16. The molecule has 0 aliphatic carbocycles. The molecule has 7 heteroatoms. The van der Waals surface area contributed by atoms with Gasteiger partial charge in [0.05, 0.1) is 0 Å². The van der Waals surface area contributed by atoms with Crippen LogP contribution in [0.2, 0.25) is 0 Å². The summed E-state index contributed by atoms with van der Waals surface area (Å²) < 4.78 is 0. The second kappa shape index (κ2) is 6.01. The van der Waals surface area contributed by atoms with Crippen LogP contribution in [0.3, 0.4) is 0 Å². The highest BCUT2D eigenvalue weighted by Crippen LogP contribution is 2.16. The Morgan fingerprint density at radius 3 is 2.58 bits per heavy atom. The first-order valence-electron chi connectivity index (χ1n) is 6.29. The number of aliphatic hydroxyl groups excluding tert-OH is 1. The standard InChI is InChI=1S/C12H21N3O4/c1-8(7-16)6-13-9(17)4-5-15-10(18)12(2,3)14-11(15)19/h8,16H,4-7H2,1-3H3,(H,13,17)(H,14,19). The molecule has 0 aromatic carbocycles. The maximum Gasteiger partial charge on any atom is 0.325 e. The molecule has 4 amide bonds. The van der Waals surface area contributed by atoms with Crippen molar-refractivity contribution in [2.45, 2.75) is 32.7 Å². The minimum Gasteiger partial charge on any atom is -0.396 e. The largest absolute Gasteiger partial charge is 0.396 e. The summed E-state index contributed by atoms with van der Waals surface area (Å²) in [5.74, 6) is -0.584. The van der Waals surface area contributed by atoms with Crippen molar-refractivity contribution >= 4 is 17.8 Å². The van der Waals surface area contributed by atoms with Crippen molar-refractivity contribution < 1.29 is 19.5 Å². The summed E-state index contributed by atoms with van der Waals surface area (Å²) in [6.07, 6.45) is 0.0629. The zero-order valence-corrected chi connectivity index (χ0v) is 11.5. The minimum absolute atomic E-state index is 0.00147. The van der Waals surface area contributed by atoms with E-state index in [-0.39, 0.29) is 37.3 Å². The average molecular weight is 271 g/mol. The zero-order valence-electron chi connectivity index (χ0n) is 11.5. The predicted octanol–water partition coefficient (Wildman–Crippen LogP) is -0.548. The molecule has 0 aromatic rings. The van der Waals surface area contributed by atoms with E-state index in [4.69, 9.17) is 5.11 Å². The van der Waals surface area contributed by atoms with Crippen LogP contribution in [0.5, 0.6) is 0 Å². The van der Waals surface area contributed by atoms with Crippen LogP contribution in [0.15, 0.2) is 0 Å². The van der Waals surface area contributed by atoms with E-state index >= 15 is 0 Å². The molecule has 1 saturated heterocycles. The molecule has 108 valence electrons. The van der Waals surface area contributed by atoms with Gasteiger partial charge < -0.3 is 15.7 Å². The van der Waals surface area contributed by atoms with Gasteiger partial charge in [0.2, 0.25) is 5.91 Å². The summed E-state index contributed by atoms with van der Waals surface area (Å²) in [5, 5.41) is 14.0. The lowest BCUT2D eigenvalue weighted by Crippen LogP contribution is -2.41. The van der Waals surface area contributed by atoms with Crippen molar-refractivity contribution in [2.24, 2.45) is 5.92 Å². The third-order valence-electron chi connectivity index (χ3n) is 2.97. The van der Waals surface area contributed by atoms with Crippen molar-refractivity contribution in [3.05, 3.63) is 0 Å². The summed E-state index contributed by atoms with van der Waals surface area (Å²) in [5.41, 5.74) is -0.904. The summed E-state index contributed by atoms with van der Waals surface area (Å²) in [4.78, 5) is 36.0. The number of urea groups is 1. The Morgan fingerprint density at radius 1 is 1.47 bits per heavy atom. The van der Waals surface area contributed by atoms with Gasteiger partial charge >= 0.3 is 6.03 Å². The van der Waals surface area contributed by atoms with Crippen LogP contribution >= 0.6 is 0 Å². The number of rotatable bonds is 6. The average Bonchev–Trinajstić information content (AvgIpc) is 2.53. The number of nitrogens with zero attached hydrogens (tertiary/aromatic N) is 1. The maximum atomic E-state index is 11.8. The van der Waals surface area contributed by atoms with Crippen LogP contribution in [-0.2, 0) is 9.59 Å². The summed E-state index contributed by atoms with van der Waals surface area (Å²) in [6, 6.07) is -0.466. The second-order valence-electron chi connectivity index (χ2n) is 5.35. The number of amides is 4. The van der Waals surface area contributed by atoms with Gasteiger partial charge in [-0.05, 0) is 19.8 Å². The highest BCUT2D eigenvalue weighted by atomic mass is 16.3. The van der Waals surface area contributed by atoms with Crippen LogP contribution in [0.25, 0.3) is 0 Å². The number of aliphatic hydroxyl groups is 1. The van der Waals surface area contributed by atoms with E-state index in [1.807, 2.05) is 0 Å². The number of nitrogens with one attached hydrogen (secondary N) is 2. The molecule has 1 rings (SSSR count). The van der Waals surface area contributed by atoms with E-state index < -0.39 is 11.6 Å². The predicted molar refractivity (Wildman–Crippen MR) is 68.2 cm³/mol. The molecule has 1 unspecified atom stereocenters.